The molecule has 1 fully saturated rings. The average Bonchev–Trinajstić information content (AvgIpc) is 2.35. The molecule has 0 aliphatic heterocycles. The number of halogens is 2. The maximum Gasteiger partial charge on any atom is 0.0360 e. The molecule has 4 heteroatoms. The van der Waals surface area contributed by atoms with Gasteiger partial charge in [0.2, 0.25) is 0 Å². The van der Waals surface area contributed by atoms with E-state index in [-0.39, 0.29) is 12.4 Å². The third-order valence-electron chi connectivity index (χ3n) is 3.72. The van der Waals surface area contributed by atoms with Gasteiger partial charge in [0.05, 0.1) is 0 Å². The first-order valence-corrected chi connectivity index (χ1v) is 7.20. The fraction of sp³-hybridized carbons (Fsp3) is 0.571. The van der Waals surface area contributed by atoms with Crippen molar-refractivity contribution in [1.29, 1.82) is 0 Å². The van der Waals surface area contributed by atoms with E-state index in [1.165, 1.54) is 37.7 Å². The molecule has 2 N–H and O–H groups in total. The highest BCUT2D eigenvalue weighted by atomic mass is 79.9. The van der Waals surface area contributed by atoms with Crippen LogP contribution < -0.4 is 5.73 Å². The van der Waals surface area contributed by atoms with Gasteiger partial charge >= 0.3 is 0 Å². The molecule has 0 aromatic heterocycles. The molecule has 1 saturated carbocycles. The number of hydrogen-bond donors (Lipinski definition) is 1. The number of nitrogens with zero attached hydrogens (tertiary/aromatic N) is 1. The Hall–Kier alpha value is -0.250. The molecule has 102 valence electrons. The van der Waals surface area contributed by atoms with Gasteiger partial charge in [-0.3, -0.25) is 4.90 Å². The third-order valence-corrected chi connectivity index (χ3v) is 4.22. The van der Waals surface area contributed by atoms with Crippen LogP contribution in [0.25, 0.3) is 0 Å². The van der Waals surface area contributed by atoms with Gasteiger partial charge in [-0.1, -0.05) is 35.2 Å². The smallest absolute Gasteiger partial charge is 0.0360 e. The lowest BCUT2D eigenvalue weighted by Crippen LogP contribution is -2.33. The summed E-state index contributed by atoms with van der Waals surface area (Å²) in [4.78, 5) is 2.46. The first kappa shape index (κ1) is 15.8. The van der Waals surface area contributed by atoms with E-state index in [0.717, 1.165) is 22.7 Å². The molecule has 1 aliphatic carbocycles. The second-order valence-corrected chi connectivity index (χ2v) is 5.97. The van der Waals surface area contributed by atoms with Crippen molar-refractivity contribution < 1.29 is 0 Å². The van der Waals surface area contributed by atoms with Crippen LogP contribution in [0.5, 0.6) is 0 Å². The van der Waals surface area contributed by atoms with E-state index in [9.17, 15) is 0 Å². The van der Waals surface area contributed by atoms with Gasteiger partial charge in [-0.15, -0.1) is 12.4 Å². The van der Waals surface area contributed by atoms with Gasteiger partial charge in [-0.25, -0.2) is 0 Å². The maximum absolute atomic E-state index is 6.02. The molecular formula is C14H22BrClN2. The maximum atomic E-state index is 6.02. The van der Waals surface area contributed by atoms with Crippen LogP contribution in [0.2, 0.25) is 0 Å². The zero-order valence-corrected chi connectivity index (χ0v) is 13.3. The van der Waals surface area contributed by atoms with E-state index in [4.69, 9.17) is 5.73 Å². The highest BCUT2D eigenvalue weighted by Crippen LogP contribution is 2.25. The number of anilines is 1. The van der Waals surface area contributed by atoms with Gasteiger partial charge in [0.1, 0.15) is 0 Å². The topological polar surface area (TPSA) is 29.3 Å². The summed E-state index contributed by atoms with van der Waals surface area (Å²) in [6.45, 7) is 0.954. The predicted octanol–water partition coefficient (Wildman–Crippen LogP) is 4.22. The average molecular weight is 334 g/mol. The summed E-state index contributed by atoms with van der Waals surface area (Å²) in [7, 11) is 2.22. The summed E-state index contributed by atoms with van der Waals surface area (Å²) in [5, 5.41) is 0. The summed E-state index contributed by atoms with van der Waals surface area (Å²) in [6.07, 6.45) is 6.84. The molecule has 1 aromatic carbocycles. The second kappa shape index (κ2) is 7.37. The molecule has 0 saturated heterocycles. The molecule has 0 bridgehead atoms. The van der Waals surface area contributed by atoms with Crippen molar-refractivity contribution in [1.82, 2.24) is 4.90 Å². The molecule has 0 spiro atoms. The number of hydrogen-bond acceptors (Lipinski definition) is 2. The summed E-state index contributed by atoms with van der Waals surface area (Å²) in [5.41, 5.74) is 8.15. The first-order valence-electron chi connectivity index (χ1n) is 6.41. The molecule has 2 rings (SSSR count). The van der Waals surface area contributed by atoms with E-state index < -0.39 is 0 Å². The molecule has 0 amide bonds. The minimum atomic E-state index is 0. The molecule has 2 nitrogen and oxygen atoms in total. The lowest BCUT2D eigenvalue weighted by molar-refractivity contribution is 0.185. The number of benzene rings is 1. The fourth-order valence-electron chi connectivity index (χ4n) is 2.63. The molecule has 0 heterocycles. The number of nitrogen functional groups attached to an aromatic ring is 1. The van der Waals surface area contributed by atoms with Gasteiger partial charge < -0.3 is 5.73 Å². The second-order valence-electron chi connectivity index (χ2n) is 5.05. The van der Waals surface area contributed by atoms with Crippen LogP contribution in [0.15, 0.2) is 22.7 Å². The quantitative estimate of drug-likeness (QED) is 0.839. The lowest BCUT2D eigenvalue weighted by atomic mass is 9.94. The van der Waals surface area contributed by atoms with Crippen molar-refractivity contribution in [2.24, 2.45) is 0 Å². The first-order chi connectivity index (χ1) is 8.16. The largest absolute Gasteiger partial charge is 0.398 e. The molecule has 0 unspecified atom stereocenters. The monoisotopic (exact) mass is 332 g/mol. The van der Waals surface area contributed by atoms with Crippen molar-refractivity contribution in [2.75, 3.05) is 12.8 Å². The molecule has 0 radical (unpaired) electrons. The van der Waals surface area contributed by atoms with Crippen molar-refractivity contribution in [2.45, 2.75) is 44.7 Å². The molecule has 1 aromatic rings. The van der Waals surface area contributed by atoms with Gasteiger partial charge in [0.25, 0.3) is 0 Å². The Morgan fingerprint density at radius 1 is 1.28 bits per heavy atom. The van der Waals surface area contributed by atoms with Crippen LogP contribution >= 0.6 is 28.3 Å². The minimum absolute atomic E-state index is 0. The highest BCUT2D eigenvalue weighted by Gasteiger charge is 2.18. The highest BCUT2D eigenvalue weighted by molar-refractivity contribution is 9.10. The van der Waals surface area contributed by atoms with Crippen LogP contribution in [0, 0.1) is 0 Å². The Morgan fingerprint density at radius 3 is 2.61 bits per heavy atom. The van der Waals surface area contributed by atoms with Gasteiger partial charge in [0, 0.05) is 22.7 Å². The predicted molar refractivity (Wildman–Crippen MR) is 84.1 cm³/mol. The van der Waals surface area contributed by atoms with Crippen LogP contribution in [-0.2, 0) is 6.54 Å². The standard InChI is InChI=1S/C14H21BrN2.ClH/c1-17(13-5-3-2-4-6-13)10-11-9-12(15)7-8-14(11)16;/h7-9,13H,2-6,10,16H2,1H3;1H. The number of nitrogens with two attached hydrogens (primary N) is 1. The van der Waals surface area contributed by atoms with Crippen LogP contribution in [0.3, 0.4) is 0 Å². The molecule has 1 aliphatic rings. The van der Waals surface area contributed by atoms with Gasteiger partial charge in [-0.05, 0) is 43.7 Å². The van der Waals surface area contributed by atoms with E-state index >= 15 is 0 Å². The molecular weight excluding hydrogens is 312 g/mol. The normalized spacial score (nSPS) is 16.6. The fourth-order valence-corrected chi connectivity index (χ4v) is 3.04. The van der Waals surface area contributed by atoms with Crippen molar-refractivity contribution in [3.8, 4) is 0 Å². The van der Waals surface area contributed by atoms with E-state index in [1.54, 1.807) is 0 Å². The Bertz CT molecular complexity index is 378. The Labute approximate surface area is 124 Å². The van der Waals surface area contributed by atoms with Gasteiger partial charge in [0.15, 0.2) is 0 Å². The van der Waals surface area contributed by atoms with Crippen LogP contribution in [0.1, 0.15) is 37.7 Å². The van der Waals surface area contributed by atoms with Crippen molar-refractivity contribution in [3.63, 3.8) is 0 Å². The summed E-state index contributed by atoms with van der Waals surface area (Å²) in [6, 6.07) is 6.85. The van der Waals surface area contributed by atoms with E-state index in [2.05, 4.69) is 33.9 Å². The minimum Gasteiger partial charge on any atom is -0.398 e. The van der Waals surface area contributed by atoms with Crippen LogP contribution in [0.4, 0.5) is 5.69 Å². The van der Waals surface area contributed by atoms with Gasteiger partial charge in [-0.2, -0.15) is 0 Å². The third kappa shape index (κ3) is 4.15. The summed E-state index contributed by atoms with van der Waals surface area (Å²) >= 11 is 3.51. The van der Waals surface area contributed by atoms with E-state index in [1.807, 2.05) is 12.1 Å². The summed E-state index contributed by atoms with van der Waals surface area (Å²) in [5.74, 6) is 0. The Morgan fingerprint density at radius 2 is 1.94 bits per heavy atom. The Balaban J connectivity index is 0.00000162. The SMILES string of the molecule is CN(Cc1cc(Br)ccc1N)C1CCCCC1.Cl. The summed E-state index contributed by atoms with van der Waals surface area (Å²) < 4.78 is 1.11. The molecule has 18 heavy (non-hydrogen) atoms. The Kier molecular flexibility index (Phi) is 6.47. The lowest BCUT2D eigenvalue weighted by Gasteiger charge is -2.31. The number of rotatable bonds is 3. The zero-order valence-electron chi connectivity index (χ0n) is 10.9. The van der Waals surface area contributed by atoms with Crippen LogP contribution in [-0.4, -0.2) is 18.0 Å². The molecule has 0 atom stereocenters. The zero-order chi connectivity index (χ0) is 12.3. The van der Waals surface area contributed by atoms with E-state index in [0.29, 0.717) is 0 Å². The van der Waals surface area contributed by atoms with Crippen molar-refractivity contribution in [3.05, 3.63) is 28.2 Å². The van der Waals surface area contributed by atoms with Crippen molar-refractivity contribution >= 4 is 34.0 Å².